The normalized spacial score (nSPS) is 16.9. The number of carboxylic acid groups (broad SMARTS) is 1. The minimum absolute atomic E-state index is 0.216. The van der Waals surface area contributed by atoms with Gasteiger partial charge in [0.2, 0.25) is 0 Å². The Bertz CT molecular complexity index is 455. The molecule has 1 aliphatic rings. The Hall–Kier alpha value is -1.10. The summed E-state index contributed by atoms with van der Waals surface area (Å²) in [6, 6.07) is 2.81. The number of hydrogen-bond donors (Lipinski definition) is 1. The van der Waals surface area contributed by atoms with Crippen molar-refractivity contribution in [1.82, 2.24) is 0 Å². The predicted molar refractivity (Wildman–Crippen MR) is 59.2 cm³/mol. The van der Waals surface area contributed by atoms with Crippen LogP contribution in [0, 0.1) is 5.82 Å². The molecule has 1 saturated carbocycles. The second-order valence-electron chi connectivity index (χ2n) is 3.86. The fourth-order valence-corrected chi connectivity index (χ4v) is 2.36. The molecule has 86 valence electrons. The van der Waals surface area contributed by atoms with Crippen LogP contribution < -0.4 is 4.74 Å². The van der Waals surface area contributed by atoms with E-state index in [0.29, 0.717) is 24.2 Å². The quantitative estimate of drug-likeness (QED) is 0.930. The molecule has 0 bridgehead atoms. The summed E-state index contributed by atoms with van der Waals surface area (Å²) in [5, 5.41) is 9.15. The van der Waals surface area contributed by atoms with E-state index < -0.39 is 17.2 Å². The smallest absolute Gasteiger partial charge is 0.314 e. The lowest BCUT2D eigenvalue weighted by Gasteiger charge is -2.14. The standard InChI is InChI=1S/C11H10BrFO3/c1-16-6-4-7(9(12)8(13)5-6)11(2-3-11)10(14)15/h4-5H,2-3H2,1H3,(H,14,15). The topological polar surface area (TPSA) is 46.5 Å². The van der Waals surface area contributed by atoms with Gasteiger partial charge in [-0.3, -0.25) is 4.79 Å². The molecule has 16 heavy (non-hydrogen) atoms. The van der Waals surface area contributed by atoms with E-state index in [4.69, 9.17) is 9.84 Å². The third-order valence-electron chi connectivity index (χ3n) is 2.91. The van der Waals surface area contributed by atoms with Crippen LogP contribution in [0.5, 0.6) is 5.75 Å². The zero-order chi connectivity index (χ0) is 11.9. The lowest BCUT2D eigenvalue weighted by molar-refractivity contribution is -0.140. The molecule has 1 aliphatic carbocycles. The largest absolute Gasteiger partial charge is 0.497 e. The van der Waals surface area contributed by atoms with Crippen molar-refractivity contribution in [3.63, 3.8) is 0 Å². The summed E-state index contributed by atoms with van der Waals surface area (Å²) in [5.41, 5.74) is -0.481. The molecule has 0 saturated heterocycles. The van der Waals surface area contributed by atoms with Crippen LogP contribution in [0.4, 0.5) is 4.39 Å². The summed E-state index contributed by atoms with van der Waals surface area (Å²) in [6.07, 6.45) is 1.07. The van der Waals surface area contributed by atoms with Crippen LogP contribution in [-0.4, -0.2) is 18.2 Å². The zero-order valence-electron chi connectivity index (χ0n) is 8.59. The molecule has 0 atom stereocenters. The highest BCUT2D eigenvalue weighted by atomic mass is 79.9. The van der Waals surface area contributed by atoms with Crippen molar-refractivity contribution < 1.29 is 19.0 Å². The van der Waals surface area contributed by atoms with E-state index in [0.717, 1.165) is 0 Å². The first-order valence-corrected chi connectivity index (χ1v) is 5.57. The van der Waals surface area contributed by atoms with E-state index in [2.05, 4.69) is 15.9 Å². The van der Waals surface area contributed by atoms with Gasteiger partial charge in [0.05, 0.1) is 17.0 Å². The van der Waals surface area contributed by atoms with Gasteiger partial charge in [-0.1, -0.05) is 0 Å². The van der Waals surface area contributed by atoms with Crippen LogP contribution in [0.1, 0.15) is 18.4 Å². The van der Waals surface area contributed by atoms with Gasteiger partial charge in [0.1, 0.15) is 11.6 Å². The third kappa shape index (κ3) is 1.59. The van der Waals surface area contributed by atoms with E-state index in [1.807, 2.05) is 0 Å². The molecule has 1 aromatic carbocycles. The monoisotopic (exact) mass is 288 g/mol. The zero-order valence-corrected chi connectivity index (χ0v) is 10.2. The number of carboxylic acids is 1. The Morgan fingerprint density at radius 1 is 1.56 bits per heavy atom. The van der Waals surface area contributed by atoms with Crippen LogP contribution in [0.15, 0.2) is 16.6 Å². The number of halogens is 2. The lowest BCUT2D eigenvalue weighted by atomic mass is 9.96. The number of rotatable bonds is 3. The molecule has 3 nitrogen and oxygen atoms in total. The maximum absolute atomic E-state index is 13.5. The van der Waals surface area contributed by atoms with E-state index in [1.165, 1.54) is 13.2 Å². The van der Waals surface area contributed by atoms with Crippen LogP contribution >= 0.6 is 15.9 Å². The Morgan fingerprint density at radius 3 is 2.62 bits per heavy atom. The number of aliphatic carboxylic acids is 1. The van der Waals surface area contributed by atoms with Crippen molar-refractivity contribution >= 4 is 21.9 Å². The van der Waals surface area contributed by atoms with Gasteiger partial charge in [0, 0.05) is 6.07 Å². The van der Waals surface area contributed by atoms with Crippen molar-refractivity contribution in [2.75, 3.05) is 7.11 Å². The minimum Gasteiger partial charge on any atom is -0.497 e. The molecule has 1 N–H and O–H groups in total. The molecule has 2 rings (SSSR count). The number of hydrogen-bond acceptors (Lipinski definition) is 2. The van der Waals surface area contributed by atoms with Crippen molar-refractivity contribution in [3.8, 4) is 5.75 Å². The first-order valence-electron chi connectivity index (χ1n) is 4.78. The Labute approximate surface area is 100 Å². The maximum atomic E-state index is 13.5. The summed E-state index contributed by atoms with van der Waals surface area (Å²) in [5.74, 6) is -1.08. The first-order chi connectivity index (χ1) is 7.51. The number of ether oxygens (including phenoxy) is 1. The summed E-state index contributed by atoms with van der Waals surface area (Å²) < 4.78 is 18.7. The Morgan fingerprint density at radius 2 is 2.19 bits per heavy atom. The average molecular weight is 289 g/mol. The van der Waals surface area contributed by atoms with Crippen LogP contribution in [0.2, 0.25) is 0 Å². The predicted octanol–water partition coefficient (Wildman–Crippen LogP) is 2.71. The van der Waals surface area contributed by atoms with Crippen molar-refractivity contribution in [1.29, 1.82) is 0 Å². The highest BCUT2D eigenvalue weighted by Gasteiger charge is 2.53. The second-order valence-corrected chi connectivity index (χ2v) is 4.65. The van der Waals surface area contributed by atoms with Crippen LogP contribution in [-0.2, 0) is 10.2 Å². The van der Waals surface area contributed by atoms with Gasteiger partial charge >= 0.3 is 5.97 Å². The summed E-state index contributed by atoms with van der Waals surface area (Å²) in [7, 11) is 1.42. The summed E-state index contributed by atoms with van der Waals surface area (Å²) in [6.45, 7) is 0. The van der Waals surface area contributed by atoms with E-state index >= 15 is 0 Å². The molecule has 0 unspecified atom stereocenters. The van der Waals surface area contributed by atoms with Gasteiger partial charge in [-0.15, -0.1) is 0 Å². The summed E-state index contributed by atoms with van der Waals surface area (Å²) in [4.78, 5) is 11.2. The highest BCUT2D eigenvalue weighted by molar-refractivity contribution is 9.10. The van der Waals surface area contributed by atoms with E-state index in [1.54, 1.807) is 6.07 Å². The fourth-order valence-electron chi connectivity index (χ4n) is 1.75. The minimum atomic E-state index is -0.936. The van der Waals surface area contributed by atoms with Crippen molar-refractivity contribution in [2.45, 2.75) is 18.3 Å². The number of carbonyl (C=O) groups is 1. The van der Waals surface area contributed by atoms with Crippen LogP contribution in [0.3, 0.4) is 0 Å². The van der Waals surface area contributed by atoms with Crippen molar-refractivity contribution in [2.24, 2.45) is 0 Å². The Balaban J connectivity index is 2.56. The molecule has 0 aromatic heterocycles. The summed E-state index contributed by atoms with van der Waals surface area (Å²) >= 11 is 3.09. The van der Waals surface area contributed by atoms with Gasteiger partial charge in [-0.2, -0.15) is 0 Å². The molecule has 1 fully saturated rings. The Kier molecular flexibility index (Phi) is 2.66. The third-order valence-corrected chi connectivity index (χ3v) is 3.72. The van der Waals surface area contributed by atoms with E-state index in [-0.39, 0.29) is 4.47 Å². The molecular weight excluding hydrogens is 279 g/mol. The van der Waals surface area contributed by atoms with Gasteiger partial charge in [-0.05, 0) is 40.4 Å². The SMILES string of the molecule is COc1cc(F)c(Br)c(C2(C(=O)O)CC2)c1. The highest BCUT2D eigenvalue weighted by Crippen LogP contribution is 2.51. The number of benzene rings is 1. The van der Waals surface area contributed by atoms with Gasteiger partial charge in [0.15, 0.2) is 0 Å². The molecular formula is C11H10BrFO3. The van der Waals surface area contributed by atoms with Crippen LogP contribution in [0.25, 0.3) is 0 Å². The molecule has 0 spiro atoms. The molecule has 1 aromatic rings. The van der Waals surface area contributed by atoms with Gasteiger partial charge in [0.25, 0.3) is 0 Å². The molecule has 0 amide bonds. The first kappa shape index (κ1) is 11.4. The van der Waals surface area contributed by atoms with Gasteiger partial charge in [-0.25, -0.2) is 4.39 Å². The molecule has 0 heterocycles. The second kappa shape index (κ2) is 3.73. The van der Waals surface area contributed by atoms with E-state index in [9.17, 15) is 9.18 Å². The maximum Gasteiger partial charge on any atom is 0.314 e. The molecule has 5 heteroatoms. The van der Waals surface area contributed by atoms with Crippen molar-refractivity contribution in [3.05, 3.63) is 28.0 Å². The fraction of sp³-hybridized carbons (Fsp3) is 0.364. The average Bonchev–Trinajstić information content (AvgIpc) is 3.02. The lowest BCUT2D eigenvalue weighted by Crippen LogP contribution is -2.20. The molecule has 0 radical (unpaired) electrons. The molecule has 0 aliphatic heterocycles. The number of methoxy groups -OCH3 is 1. The van der Waals surface area contributed by atoms with Gasteiger partial charge < -0.3 is 9.84 Å².